The van der Waals surface area contributed by atoms with E-state index < -0.39 is 4.92 Å². The van der Waals surface area contributed by atoms with Gasteiger partial charge in [0.15, 0.2) is 0 Å². The molecule has 6 nitrogen and oxygen atoms in total. The van der Waals surface area contributed by atoms with Gasteiger partial charge in [0, 0.05) is 25.5 Å². The van der Waals surface area contributed by atoms with E-state index >= 15 is 0 Å². The number of benzene rings is 1. The molecule has 2 heterocycles. The topological polar surface area (TPSA) is 75.8 Å². The normalized spacial score (nSPS) is 17.4. The third-order valence-corrected chi connectivity index (χ3v) is 4.45. The maximum Gasteiger partial charge on any atom is 0.269 e. The highest BCUT2D eigenvalue weighted by atomic mass is 32.1. The van der Waals surface area contributed by atoms with Crippen LogP contribution < -0.4 is 0 Å². The molecule has 1 atom stereocenters. The summed E-state index contributed by atoms with van der Waals surface area (Å²) in [6.45, 7) is 1.47. The summed E-state index contributed by atoms with van der Waals surface area (Å²) < 4.78 is 0. The lowest BCUT2D eigenvalue weighted by atomic mass is 10.0. The van der Waals surface area contributed by atoms with E-state index in [1.54, 1.807) is 23.5 Å². The van der Waals surface area contributed by atoms with Gasteiger partial charge in [-0.2, -0.15) is 5.10 Å². The van der Waals surface area contributed by atoms with E-state index in [0.717, 1.165) is 16.2 Å². The van der Waals surface area contributed by atoms with E-state index in [1.807, 2.05) is 17.5 Å². The van der Waals surface area contributed by atoms with Crippen LogP contribution in [0.4, 0.5) is 5.69 Å². The molecule has 1 aromatic heterocycles. The molecule has 0 N–H and O–H groups in total. The first kappa shape index (κ1) is 14.4. The van der Waals surface area contributed by atoms with E-state index in [0.29, 0.717) is 6.42 Å². The van der Waals surface area contributed by atoms with Crippen LogP contribution in [0, 0.1) is 10.1 Å². The van der Waals surface area contributed by atoms with Crippen LogP contribution in [0.2, 0.25) is 0 Å². The minimum absolute atomic E-state index is 0.0375. The molecule has 0 bridgehead atoms. The van der Waals surface area contributed by atoms with Gasteiger partial charge in [0.25, 0.3) is 5.69 Å². The van der Waals surface area contributed by atoms with Gasteiger partial charge in [-0.05, 0) is 17.0 Å². The first-order valence-corrected chi connectivity index (χ1v) is 7.59. The van der Waals surface area contributed by atoms with Crippen molar-refractivity contribution in [2.24, 2.45) is 5.10 Å². The zero-order valence-electron chi connectivity index (χ0n) is 11.8. The fraction of sp³-hybridized carbons (Fsp3) is 0.200. The third-order valence-electron chi connectivity index (χ3n) is 3.53. The highest BCUT2D eigenvalue weighted by molar-refractivity contribution is 7.12. The fourth-order valence-corrected chi connectivity index (χ4v) is 3.19. The van der Waals surface area contributed by atoms with Crippen molar-refractivity contribution >= 4 is 28.6 Å². The predicted octanol–water partition coefficient (Wildman–Crippen LogP) is 3.35. The van der Waals surface area contributed by atoms with E-state index in [2.05, 4.69) is 5.10 Å². The molecule has 3 rings (SSSR count). The maximum absolute atomic E-state index is 11.8. The summed E-state index contributed by atoms with van der Waals surface area (Å²) in [7, 11) is 0. The standard InChI is InChI=1S/C15H13N3O3S/c1-10(19)17-14(9-13(16-17)15-3-2-8-22-15)11-4-6-12(7-5-11)18(20)21/h2-8,14H,9H2,1H3. The van der Waals surface area contributed by atoms with Gasteiger partial charge in [-0.1, -0.05) is 18.2 Å². The fourth-order valence-electron chi connectivity index (χ4n) is 2.47. The molecule has 22 heavy (non-hydrogen) atoms. The second-order valence-corrected chi connectivity index (χ2v) is 5.90. The number of amides is 1. The highest BCUT2D eigenvalue weighted by Crippen LogP contribution is 2.34. The Morgan fingerprint density at radius 1 is 1.36 bits per heavy atom. The number of hydrogen-bond donors (Lipinski definition) is 0. The number of carbonyl (C=O) groups excluding carboxylic acids is 1. The Balaban J connectivity index is 1.90. The Morgan fingerprint density at radius 3 is 2.64 bits per heavy atom. The second-order valence-electron chi connectivity index (χ2n) is 4.96. The minimum Gasteiger partial charge on any atom is -0.273 e. The first-order valence-electron chi connectivity index (χ1n) is 6.72. The molecule has 1 aliphatic rings. The van der Waals surface area contributed by atoms with Gasteiger partial charge in [-0.25, -0.2) is 5.01 Å². The molecule has 2 aromatic rings. The van der Waals surface area contributed by atoms with Crippen molar-refractivity contribution in [2.75, 3.05) is 0 Å². The van der Waals surface area contributed by atoms with Crippen LogP contribution in [0.15, 0.2) is 46.9 Å². The summed E-state index contributed by atoms with van der Waals surface area (Å²) in [5.41, 5.74) is 1.75. The van der Waals surface area contributed by atoms with E-state index in [-0.39, 0.29) is 17.6 Å². The van der Waals surface area contributed by atoms with Crippen molar-refractivity contribution < 1.29 is 9.72 Å². The van der Waals surface area contributed by atoms with Crippen molar-refractivity contribution in [3.05, 3.63) is 62.3 Å². The van der Waals surface area contributed by atoms with Gasteiger partial charge in [-0.15, -0.1) is 11.3 Å². The van der Waals surface area contributed by atoms with Gasteiger partial charge in [0.1, 0.15) is 0 Å². The zero-order chi connectivity index (χ0) is 15.7. The molecule has 0 saturated carbocycles. The molecule has 0 aliphatic carbocycles. The van der Waals surface area contributed by atoms with Crippen molar-refractivity contribution in [3.63, 3.8) is 0 Å². The molecule has 1 amide bonds. The average molecular weight is 315 g/mol. The molecular weight excluding hydrogens is 302 g/mol. The van der Waals surface area contributed by atoms with E-state index in [9.17, 15) is 14.9 Å². The minimum atomic E-state index is -0.436. The summed E-state index contributed by atoms with van der Waals surface area (Å²) in [5, 5.41) is 18.6. The molecule has 0 fully saturated rings. The summed E-state index contributed by atoms with van der Waals surface area (Å²) >= 11 is 1.58. The van der Waals surface area contributed by atoms with Crippen LogP contribution >= 0.6 is 11.3 Å². The molecule has 0 saturated heterocycles. The number of nitrogens with zero attached hydrogens (tertiary/aromatic N) is 3. The SMILES string of the molecule is CC(=O)N1N=C(c2cccs2)CC1c1ccc([N+](=O)[O-])cc1. The Hall–Kier alpha value is -2.54. The molecule has 7 heteroatoms. The molecule has 1 unspecified atom stereocenters. The number of rotatable bonds is 3. The maximum atomic E-state index is 11.8. The number of hydrazone groups is 1. The van der Waals surface area contributed by atoms with Gasteiger partial charge >= 0.3 is 0 Å². The third kappa shape index (κ3) is 2.62. The summed E-state index contributed by atoms with van der Waals surface area (Å²) in [5.74, 6) is -0.144. The smallest absolute Gasteiger partial charge is 0.269 e. The molecular formula is C15H13N3O3S. The second kappa shape index (κ2) is 5.69. The molecule has 0 radical (unpaired) electrons. The van der Waals surface area contributed by atoms with Gasteiger partial charge in [-0.3, -0.25) is 14.9 Å². The summed E-state index contributed by atoms with van der Waals surface area (Å²) in [6, 6.07) is 9.99. The zero-order valence-corrected chi connectivity index (χ0v) is 12.6. The van der Waals surface area contributed by atoms with Crippen molar-refractivity contribution in [3.8, 4) is 0 Å². The van der Waals surface area contributed by atoms with Gasteiger partial charge < -0.3 is 0 Å². The Bertz CT molecular complexity index is 738. The van der Waals surface area contributed by atoms with Gasteiger partial charge in [0.2, 0.25) is 5.91 Å². The van der Waals surface area contributed by atoms with Gasteiger partial charge in [0.05, 0.1) is 21.6 Å². The summed E-state index contributed by atoms with van der Waals surface area (Å²) in [6.07, 6.45) is 0.609. The van der Waals surface area contributed by atoms with Crippen LogP contribution in [-0.4, -0.2) is 21.6 Å². The lowest BCUT2D eigenvalue weighted by Crippen LogP contribution is -2.24. The molecule has 1 aliphatic heterocycles. The van der Waals surface area contributed by atoms with Crippen molar-refractivity contribution in [1.82, 2.24) is 5.01 Å². The van der Waals surface area contributed by atoms with E-state index in [1.165, 1.54) is 24.1 Å². The molecule has 112 valence electrons. The number of non-ortho nitro benzene ring substituents is 1. The molecule has 1 aromatic carbocycles. The predicted molar refractivity (Wildman–Crippen MR) is 83.8 cm³/mol. The van der Waals surface area contributed by atoms with Crippen LogP contribution in [-0.2, 0) is 4.79 Å². The summed E-state index contributed by atoms with van der Waals surface area (Å²) in [4.78, 5) is 23.2. The number of hydrogen-bond acceptors (Lipinski definition) is 5. The van der Waals surface area contributed by atoms with Crippen LogP contribution in [0.3, 0.4) is 0 Å². The lowest BCUT2D eigenvalue weighted by Gasteiger charge is -2.20. The average Bonchev–Trinajstić information content (AvgIpc) is 3.16. The van der Waals surface area contributed by atoms with E-state index in [4.69, 9.17) is 0 Å². The number of nitro benzene ring substituents is 1. The van der Waals surface area contributed by atoms with Crippen LogP contribution in [0.5, 0.6) is 0 Å². The number of thiophene rings is 1. The monoisotopic (exact) mass is 315 g/mol. The number of nitro groups is 1. The Labute approximate surface area is 130 Å². The number of carbonyl (C=O) groups is 1. The molecule has 0 spiro atoms. The highest BCUT2D eigenvalue weighted by Gasteiger charge is 2.31. The Morgan fingerprint density at radius 2 is 2.09 bits per heavy atom. The van der Waals surface area contributed by atoms with Crippen molar-refractivity contribution in [2.45, 2.75) is 19.4 Å². The van der Waals surface area contributed by atoms with Crippen LogP contribution in [0.25, 0.3) is 0 Å². The van der Waals surface area contributed by atoms with Crippen LogP contribution in [0.1, 0.15) is 29.8 Å². The first-order chi connectivity index (χ1) is 10.6. The Kier molecular flexibility index (Phi) is 3.72. The largest absolute Gasteiger partial charge is 0.273 e. The lowest BCUT2D eigenvalue weighted by molar-refractivity contribution is -0.384. The van der Waals surface area contributed by atoms with Crippen molar-refractivity contribution in [1.29, 1.82) is 0 Å². The quantitative estimate of drug-likeness (QED) is 0.644.